The van der Waals surface area contributed by atoms with Crippen molar-refractivity contribution in [2.75, 3.05) is 5.32 Å². The largest absolute Gasteiger partial charge is 0.418 e. The molecule has 0 bridgehead atoms. The molecule has 1 amide bonds. The van der Waals surface area contributed by atoms with Crippen molar-refractivity contribution in [1.29, 1.82) is 5.26 Å². The Labute approximate surface area is 172 Å². The molecule has 0 aliphatic heterocycles. The maximum atomic E-state index is 13.1. The third-order valence-corrected chi connectivity index (χ3v) is 4.91. The van der Waals surface area contributed by atoms with Crippen LogP contribution in [0.2, 0.25) is 5.02 Å². The van der Waals surface area contributed by atoms with Gasteiger partial charge in [-0.15, -0.1) is 11.3 Å². The van der Waals surface area contributed by atoms with Crippen molar-refractivity contribution in [2.24, 2.45) is 0 Å². The zero-order valence-corrected chi connectivity index (χ0v) is 16.1. The summed E-state index contributed by atoms with van der Waals surface area (Å²) < 4.78 is 39.2. The topological polar surface area (TPSA) is 65.8 Å². The molecule has 2 aromatic carbocycles. The van der Waals surface area contributed by atoms with Gasteiger partial charge >= 0.3 is 6.18 Å². The molecule has 0 aliphatic carbocycles. The van der Waals surface area contributed by atoms with Gasteiger partial charge in [-0.3, -0.25) is 4.79 Å². The number of halogens is 4. The molecule has 3 aromatic rings. The van der Waals surface area contributed by atoms with Gasteiger partial charge in [0.2, 0.25) is 0 Å². The first-order chi connectivity index (χ1) is 13.8. The fourth-order valence-electron chi connectivity index (χ4n) is 2.40. The highest BCUT2D eigenvalue weighted by molar-refractivity contribution is 7.13. The molecular formula is C20H11ClF3N3OS. The summed E-state index contributed by atoms with van der Waals surface area (Å²) in [5.41, 5.74) is -0.637. The number of nitrogens with one attached hydrogen (secondary N) is 1. The summed E-state index contributed by atoms with van der Waals surface area (Å²) >= 11 is 7.15. The standard InChI is InChI=1S/C20H11ClF3N3OS/c21-14-7-5-12(6-8-14)19-26-15(11-29-19)9-13(10-25)18(28)27-17-4-2-1-3-16(17)20(22,23)24/h1-9,11H,(H,27,28)/b13-9+. The summed E-state index contributed by atoms with van der Waals surface area (Å²) in [6, 6.07) is 13.2. The Kier molecular flexibility index (Phi) is 6.01. The van der Waals surface area contributed by atoms with Crippen LogP contribution in [0.15, 0.2) is 59.5 Å². The number of aromatic nitrogens is 1. The van der Waals surface area contributed by atoms with Crippen molar-refractivity contribution in [3.05, 3.63) is 75.8 Å². The predicted molar refractivity (Wildman–Crippen MR) is 106 cm³/mol. The molecule has 0 aliphatic rings. The molecule has 9 heteroatoms. The van der Waals surface area contributed by atoms with Crippen molar-refractivity contribution in [2.45, 2.75) is 6.18 Å². The molecule has 0 saturated carbocycles. The molecule has 3 rings (SSSR count). The third-order valence-electron chi connectivity index (χ3n) is 3.75. The van der Waals surface area contributed by atoms with Gasteiger partial charge in [0.25, 0.3) is 5.91 Å². The molecule has 0 radical (unpaired) electrons. The molecular weight excluding hydrogens is 423 g/mol. The number of alkyl halides is 3. The Morgan fingerprint density at radius 1 is 1.17 bits per heavy atom. The summed E-state index contributed by atoms with van der Waals surface area (Å²) in [6.45, 7) is 0. The van der Waals surface area contributed by atoms with Crippen LogP contribution in [0, 0.1) is 11.3 Å². The summed E-state index contributed by atoms with van der Waals surface area (Å²) in [5.74, 6) is -0.953. The second-order valence-electron chi connectivity index (χ2n) is 5.75. The Bertz CT molecular complexity index is 1110. The lowest BCUT2D eigenvalue weighted by Gasteiger charge is -2.13. The Hall–Kier alpha value is -3.15. The number of nitrogens with zero attached hydrogens (tertiary/aromatic N) is 2. The number of hydrogen-bond acceptors (Lipinski definition) is 4. The number of carbonyl (C=O) groups excluding carboxylic acids is 1. The van der Waals surface area contributed by atoms with Crippen LogP contribution in [0.4, 0.5) is 18.9 Å². The van der Waals surface area contributed by atoms with Crippen LogP contribution >= 0.6 is 22.9 Å². The minimum Gasteiger partial charge on any atom is -0.321 e. The number of amides is 1. The van der Waals surface area contributed by atoms with E-state index in [1.54, 1.807) is 35.7 Å². The smallest absolute Gasteiger partial charge is 0.321 e. The highest BCUT2D eigenvalue weighted by atomic mass is 35.5. The number of carbonyl (C=O) groups is 1. The van der Waals surface area contributed by atoms with Gasteiger partial charge in [0.15, 0.2) is 0 Å². The average molecular weight is 434 g/mol. The fraction of sp³-hybridized carbons (Fsp3) is 0.0500. The number of para-hydroxylation sites is 1. The fourth-order valence-corrected chi connectivity index (χ4v) is 3.31. The van der Waals surface area contributed by atoms with Gasteiger partial charge in [0.1, 0.15) is 16.6 Å². The van der Waals surface area contributed by atoms with Crippen LogP contribution in [0.5, 0.6) is 0 Å². The van der Waals surface area contributed by atoms with E-state index >= 15 is 0 Å². The lowest BCUT2D eigenvalue weighted by molar-refractivity contribution is -0.137. The van der Waals surface area contributed by atoms with Crippen LogP contribution in [0.1, 0.15) is 11.3 Å². The number of hydrogen-bond donors (Lipinski definition) is 1. The zero-order chi connectivity index (χ0) is 21.0. The van der Waals surface area contributed by atoms with E-state index < -0.39 is 23.3 Å². The summed E-state index contributed by atoms with van der Waals surface area (Å²) in [5, 5.41) is 14.3. The summed E-state index contributed by atoms with van der Waals surface area (Å²) in [4.78, 5) is 16.7. The van der Waals surface area contributed by atoms with Gasteiger partial charge in [-0.25, -0.2) is 4.98 Å². The highest BCUT2D eigenvalue weighted by Gasteiger charge is 2.33. The van der Waals surface area contributed by atoms with E-state index in [-0.39, 0.29) is 5.57 Å². The molecule has 1 N–H and O–H groups in total. The van der Waals surface area contributed by atoms with Gasteiger partial charge in [-0.1, -0.05) is 35.9 Å². The molecule has 1 heterocycles. The second kappa shape index (κ2) is 8.47. The van der Waals surface area contributed by atoms with Gasteiger partial charge < -0.3 is 5.32 Å². The van der Waals surface area contributed by atoms with E-state index in [2.05, 4.69) is 10.3 Å². The SMILES string of the molecule is N#C/C(=C\c1csc(-c2ccc(Cl)cc2)n1)C(=O)Nc1ccccc1C(F)(F)F. The lowest BCUT2D eigenvalue weighted by Crippen LogP contribution is -2.17. The second-order valence-corrected chi connectivity index (χ2v) is 7.05. The van der Waals surface area contributed by atoms with Gasteiger partial charge in [0.05, 0.1) is 16.9 Å². The van der Waals surface area contributed by atoms with Crippen molar-refractivity contribution < 1.29 is 18.0 Å². The number of nitriles is 1. The number of thiazole rings is 1. The number of benzene rings is 2. The van der Waals surface area contributed by atoms with Gasteiger partial charge in [-0.2, -0.15) is 18.4 Å². The van der Waals surface area contributed by atoms with E-state index in [1.165, 1.54) is 29.5 Å². The third kappa shape index (κ3) is 5.02. The van der Waals surface area contributed by atoms with E-state index in [0.29, 0.717) is 15.7 Å². The first-order valence-electron chi connectivity index (χ1n) is 8.09. The molecule has 0 atom stereocenters. The molecule has 146 valence electrons. The maximum Gasteiger partial charge on any atom is 0.418 e. The summed E-state index contributed by atoms with van der Waals surface area (Å²) in [7, 11) is 0. The van der Waals surface area contributed by atoms with Crippen molar-refractivity contribution in [3.8, 4) is 16.6 Å². The minimum atomic E-state index is -4.64. The van der Waals surface area contributed by atoms with Crippen LogP contribution < -0.4 is 5.32 Å². The van der Waals surface area contributed by atoms with E-state index in [9.17, 15) is 23.2 Å². The van der Waals surface area contributed by atoms with Crippen molar-refractivity contribution >= 4 is 40.6 Å². The van der Waals surface area contributed by atoms with Crippen molar-refractivity contribution in [1.82, 2.24) is 4.98 Å². The Balaban J connectivity index is 1.83. The molecule has 0 spiro atoms. The lowest BCUT2D eigenvalue weighted by atomic mass is 10.1. The number of anilines is 1. The molecule has 0 fully saturated rings. The van der Waals surface area contributed by atoms with Crippen LogP contribution in [-0.2, 0) is 11.0 Å². The maximum absolute atomic E-state index is 13.1. The highest BCUT2D eigenvalue weighted by Crippen LogP contribution is 2.34. The number of rotatable bonds is 4. The van der Waals surface area contributed by atoms with Gasteiger partial charge in [0, 0.05) is 16.0 Å². The predicted octanol–water partition coefficient (Wildman–Crippen LogP) is 6.03. The first-order valence-corrected chi connectivity index (χ1v) is 9.34. The molecule has 29 heavy (non-hydrogen) atoms. The quantitative estimate of drug-likeness (QED) is 0.403. The van der Waals surface area contributed by atoms with Crippen LogP contribution in [0.25, 0.3) is 16.6 Å². The first kappa shape index (κ1) is 20.6. The molecule has 0 saturated heterocycles. The molecule has 1 aromatic heterocycles. The van der Waals surface area contributed by atoms with Crippen LogP contribution in [0.3, 0.4) is 0 Å². The van der Waals surface area contributed by atoms with E-state index in [4.69, 9.17) is 11.6 Å². The normalized spacial score (nSPS) is 11.8. The Morgan fingerprint density at radius 2 is 1.86 bits per heavy atom. The van der Waals surface area contributed by atoms with Crippen LogP contribution in [-0.4, -0.2) is 10.9 Å². The minimum absolute atomic E-state index is 0.343. The average Bonchev–Trinajstić information content (AvgIpc) is 3.15. The van der Waals surface area contributed by atoms with E-state index in [1.807, 2.05) is 0 Å². The zero-order valence-electron chi connectivity index (χ0n) is 14.5. The van der Waals surface area contributed by atoms with Gasteiger partial charge in [-0.05, 0) is 30.3 Å². The van der Waals surface area contributed by atoms with E-state index in [0.717, 1.165) is 17.7 Å². The monoisotopic (exact) mass is 433 g/mol. The molecule has 0 unspecified atom stereocenters. The van der Waals surface area contributed by atoms with Crippen molar-refractivity contribution in [3.63, 3.8) is 0 Å². The summed E-state index contributed by atoms with van der Waals surface area (Å²) in [6.07, 6.45) is -3.41. The Morgan fingerprint density at radius 3 is 2.52 bits per heavy atom. The molecule has 4 nitrogen and oxygen atoms in total.